The highest BCUT2D eigenvalue weighted by atomic mass is 19.1. The zero-order valence-electron chi connectivity index (χ0n) is 5.04. The number of hydrogen-bond acceptors (Lipinski definition) is 3. The van der Waals surface area contributed by atoms with Gasteiger partial charge in [0.05, 0.1) is 6.33 Å². The van der Waals surface area contributed by atoms with Gasteiger partial charge in [0.25, 0.3) is 0 Å². The maximum absolute atomic E-state index is 10.1. The predicted molar refractivity (Wildman–Crippen MR) is 31.5 cm³/mol. The Bertz CT molecular complexity index is 167. The lowest BCUT2D eigenvalue weighted by molar-refractivity contribution is -0.150. The molecule has 0 bridgehead atoms. The molecule has 4 heteroatoms. The fraction of sp³-hybridized carbons (Fsp3) is 0. The van der Waals surface area contributed by atoms with Crippen molar-refractivity contribution in [1.82, 2.24) is 0 Å². The largest absolute Gasteiger partial charge is 0.387 e. The third-order valence-corrected chi connectivity index (χ3v) is 0.557. The average molecular weight is 144 g/mol. The molecule has 0 saturated heterocycles. The van der Waals surface area contributed by atoms with Crippen LogP contribution in [0.5, 0.6) is 0 Å². The van der Waals surface area contributed by atoms with Crippen molar-refractivity contribution in [2.75, 3.05) is 0 Å². The van der Waals surface area contributed by atoms with Gasteiger partial charge in [-0.3, -0.25) is 0 Å². The molecular formula is C6H5FO3. The first-order valence-corrected chi connectivity index (χ1v) is 2.35. The Morgan fingerprint density at radius 1 is 1.40 bits per heavy atom. The molecule has 3 nitrogen and oxygen atoms in total. The highest BCUT2D eigenvalue weighted by Crippen LogP contribution is 1.92. The van der Waals surface area contributed by atoms with E-state index in [1.807, 2.05) is 0 Å². The quantitative estimate of drug-likeness (QED) is 0.371. The van der Waals surface area contributed by atoms with Crippen LogP contribution in [-0.2, 0) is 14.3 Å². The Kier molecular flexibility index (Phi) is 3.79. The van der Waals surface area contributed by atoms with Crippen LogP contribution in [-0.4, -0.2) is 11.9 Å². The molecule has 0 aromatic heterocycles. The molecular weight excluding hydrogens is 139 g/mol. The molecule has 0 atom stereocenters. The Balaban J connectivity index is 0.000000236. The Morgan fingerprint density at radius 2 is 1.70 bits per heavy atom. The van der Waals surface area contributed by atoms with Crippen molar-refractivity contribution in [3.05, 3.63) is 25.1 Å². The molecule has 10 heavy (non-hydrogen) atoms. The highest BCUT2D eigenvalue weighted by molar-refractivity contribution is 6.04. The summed E-state index contributed by atoms with van der Waals surface area (Å²) in [5, 5.41) is 0. The molecule has 0 N–H and O–H groups in total. The lowest BCUT2D eigenvalue weighted by atomic mass is 10.6. The van der Waals surface area contributed by atoms with Crippen molar-refractivity contribution >= 4 is 11.9 Å². The number of hydrogen-bond donors (Lipinski definition) is 0. The fourth-order valence-electron chi connectivity index (χ4n) is 0.303. The van der Waals surface area contributed by atoms with Gasteiger partial charge in [0.15, 0.2) is 0 Å². The summed E-state index contributed by atoms with van der Waals surface area (Å²) in [6, 6.07) is 0. The zero-order valence-corrected chi connectivity index (χ0v) is 5.04. The first kappa shape index (κ1) is 8.55. The lowest BCUT2D eigenvalue weighted by Crippen LogP contribution is -1.96. The molecule has 0 spiro atoms. The second-order valence-electron chi connectivity index (χ2n) is 1.23. The summed E-state index contributed by atoms with van der Waals surface area (Å²) >= 11 is 0. The fourth-order valence-corrected chi connectivity index (χ4v) is 0.303. The first-order chi connectivity index (χ1) is 4.70. The monoisotopic (exact) mass is 144 g/mol. The summed E-state index contributed by atoms with van der Waals surface area (Å²) in [6.45, 7) is 2.69. The Hall–Kier alpha value is -1.45. The zero-order chi connectivity index (χ0) is 7.98. The molecule has 0 fully saturated rings. The van der Waals surface area contributed by atoms with Crippen LogP contribution in [0.25, 0.3) is 0 Å². The second kappa shape index (κ2) is 4.43. The van der Waals surface area contributed by atoms with Crippen LogP contribution in [0.1, 0.15) is 0 Å². The first-order valence-electron chi connectivity index (χ1n) is 2.35. The standard InChI is InChI=1S/C4H2O3.C2H3F/c5-3-1-2-4(6)7-3;1-2-3/h1-2H;2H,1H2. The van der Waals surface area contributed by atoms with Crippen molar-refractivity contribution in [1.29, 1.82) is 0 Å². The van der Waals surface area contributed by atoms with Crippen molar-refractivity contribution in [3.63, 3.8) is 0 Å². The van der Waals surface area contributed by atoms with Crippen LogP contribution < -0.4 is 0 Å². The van der Waals surface area contributed by atoms with E-state index in [4.69, 9.17) is 0 Å². The maximum atomic E-state index is 10.1. The van der Waals surface area contributed by atoms with Gasteiger partial charge in [0.2, 0.25) is 0 Å². The van der Waals surface area contributed by atoms with Gasteiger partial charge in [0.1, 0.15) is 0 Å². The van der Waals surface area contributed by atoms with E-state index in [0.29, 0.717) is 0 Å². The Morgan fingerprint density at radius 3 is 1.80 bits per heavy atom. The minimum atomic E-state index is -0.579. The van der Waals surface area contributed by atoms with Crippen LogP contribution in [0, 0.1) is 0 Å². The Labute approximate surface area is 56.8 Å². The molecule has 0 aromatic carbocycles. The molecule has 1 heterocycles. The van der Waals surface area contributed by atoms with E-state index < -0.39 is 11.9 Å². The normalized spacial score (nSPS) is 13.7. The summed E-state index contributed by atoms with van der Waals surface area (Å²) in [5.41, 5.74) is 0. The van der Waals surface area contributed by atoms with Gasteiger partial charge in [-0.05, 0) is 0 Å². The third kappa shape index (κ3) is 3.54. The van der Waals surface area contributed by atoms with E-state index in [1.165, 1.54) is 0 Å². The minimum Gasteiger partial charge on any atom is -0.387 e. The van der Waals surface area contributed by atoms with Crippen molar-refractivity contribution in [2.24, 2.45) is 0 Å². The van der Waals surface area contributed by atoms with Crippen molar-refractivity contribution < 1.29 is 18.7 Å². The summed E-state index contributed by atoms with van der Waals surface area (Å²) in [5.74, 6) is -1.16. The molecule has 1 aliphatic heterocycles. The van der Waals surface area contributed by atoms with Gasteiger partial charge >= 0.3 is 11.9 Å². The van der Waals surface area contributed by atoms with Gasteiger partial charge in [-0.1, -0.05) is 6.58 Å². The summed E-state index contributed by atoms with van der Waals surface area (Å²) in [7, 11) is 0. The van der Waals surface area contributed by atoms with E-state index in [9.17, 15) is 14.0 Å². The number of carbonyl (C=O) groups is 2. The van der Waals surface area contributed by atoms with E-state index in [2.05, 4.69) is 11.3 Å². The van der Waals surface area contributed by atoms with Crippen LogP contribution in [0.15, 0.2) is 25.1 Å². The number of cyclic esters (lactones) is 2. The molecule has 0 radical (unpaired) electrons. The van der Waals surface area contributed by atoms with Gasteiger partial charge < -0.3 is 4.74 Å². The van der Waals surface area contributed by atoms with Crippen LogP contribution in [0.3, 0.4) is 0 Å². The van der Waals surface area contributed by atoms with Gasteiger partial charge in [-0.15, -0.1) is 0 Å². The van der Waals surface area contributed by atoms with Gasteiger partial charge in [-0.25, -0.2) is 14.0 Å². The van der Waals surface area contributed by atoms with E-state index in [0.717, 1.165) is 12.2 Å². The number of carbonyl (C=O) groups excluding carboxylic acids is 2. The van der Waals surface area contributed by atoms with E-state index in [1.54, 1.807) is 0 Å². The van der Waals surface area contributed by atoms with Crippen molar-refractivity contribution in [2.45, 2.75) is 0 Å². The molecule has 54 valence electrons. The predicted octanol–water partition coefficient (Wildman–Crippen LogP) is 0.725. The topological polar surface area (TPSA) is 43.4 Å². The highest BCUT2D eigenvalue weighted by Gasteiger charge is 2.10. The SMILES string of the molecule is C=CF.O=C1C=CC(=O)O1. The third-order valence-electron chi connectivity index (χ3n) is 0.557. The molecule has 0 aliphatic carbocycles. The van der Waals surface area contributed by atoms with Gasteiger partial charge in [-0.2, -0.15) is 0 Å². The summed E-state index contributed by atoms with van der Waals surface area (Å²) < 4.78 is 14.0. The number of rotatable bonds is 0. The molecule has 1 aliphatic rings. The molecule has 0 saturated carbocycles. The number of ether oxygens (including phenoxy) is 1. The van der Waals surface area contributed by atoms with Crippen molar-refractivity contribution in [3.8, 4) is 0 Å². The molecule has 0 amide bonds. The molecule has 1 rings (SSSR count). The average Bonchev–Trinajstić information content (AvgIpc) is 2.17. The van der Waals surface area contributed by atoms with Crippen LogP contribution in [0.4, 0.5) is 4.39 Å². The minimum absolute atomic E-state index is 0.250. The summed E-state index contributed by atoms with van der Waals surface area (Å²) in [6.07, 6.45) is 2.42. The molecule has 0 unspecified atom stereocenters. The second-order valence-corrected chi connectivity index (χ2v) is 1.23. The lowest BCUT2D eigenvalue weighted by Gasteiger charge is -1.80. The van der Waals surface area contributed by atoms with Crippen LogP contribution in [0.2, 0.25) is 0 Å². The summed E-state index contributed by atoms with van der Waals surface area (Å²) in [4.78, 5) is 19.8. The van der Waals surface area contributed by atoms with Gasteiger partial charge in [0, 0.05) is 12.2 Å². The number of halogens is 1. The van der Waals surface area contributed by atoms with E-state index >= 15 is 0 Å². The van der Waals surface area contributed by atoms with E-state index in [-0.39, 0.29) is 6.33 Å². The maximum Gasteiger partial charge on any atom is 0.338 e. The van der Waals surface area contributed by atoms with Crippen LogP contribution >= 0.6 is 0 Å². The smallest absolute Gasteiger partial charge is 0.338 e. The number of esters is 2. The molecule has 0 aromatic rings.